The second-order valence-corrected chi connectivity index (χ2v) is 5.27. The number of aryl methyl sites for hydroxylation is 1. The molecule has 0 fully saturated rings. The van der Waals surface area contributed by atoms with E-state index < -0.39 is 11.7 Å². The molecule has 6 heteroatoms. The molecular weight excluding hydrogens is 244 g/mol. The maximum Gasteiger partial charge on any atom is 0.407 e. The molecule has 0 aliphatic rings. The Morgan fingerprint density at radius 2 is 2.21 bits per heavy atom. The van der Waals surface area contributed by atoms with E-state index in [1.807, 2.05) is 39.8 Å². The Labute approximate surface area is 113 Å². The SMILES string of the molecule is Cc1[nH]nc(N)c1C=CCCNC(=O)OC(C)(C)C. The van der Waals surface area contributed by atoms with Crippen LogP contribution in [-0.2, 0) is 4.74 Å². The van der Waals surface area contributed by atoms with Gasteiger partial charge in [-0.3, -0.25) is 5.10 Å². The molecule has 106 valence electrons. The number of nitrogens with one attached hydrogen (secondary N) is 2. The van der Waals surface area contributed by atoms with E-state index in [0.29, 0.717) is 18.8 Å². The third-order valence-electron chi connectivity index (χ3n) is 2.29. The van der Waals surface area contributed by atoms with Crippen molar-refractivity contribution in [3.05, 3.63) is 17.3 Å². The molecule has 1 aromatic heterocycles. The van der Waals surface area contributed by atoms with Crippen molar-refractivity contribution in [2.45, 2.75) is 39.7 Å². The van der Waals surface area contributed by atoms with Crippen LogP contribution in [0.2, 0.25) is 0 Å². The van der Waals surface area contributed by atoms with Crippen LogP contribution in [0.25, 0.3) is 6.08 Å². The van der Waals surface area contributed by atoms with E-state index in [1.54, 1.807) is 0 Å². The Kier molecular flexibility index (Phi) is 4.97. The molecule has 1 amide bonds. The number of anilines is 1. The van der Waals surface area contributed by atoms with Crippen molar-refractivity contribution in [3.8, 4) is 0 Å². The van der Waals surface area contributed by atoms with Crippen LogP contribution in [0.5, 0.6) is 0 Å². The fraction of sp³-hybridized carbons (Fsp3) is 0.538. The summed E-state index contributed by atoms with van der Waals surface area (Å²) in [5, 5.41) is 9.38. The summed E-state index contributed by atoms with van der Waals surface area (Å²) in [7, 11) is 0. The number of aromatic amines is 1. The number of nitrogen functional groups attached to an aromatic ring is 1. The molecule has 0 atom stereocenters. The summed E-state index contributed by atoms with van der Waals surface area (Å²) in [6.07, 6.45) is 4.12. The first-order valence-electron chi connectivity index (χ1n) is 6.23. The number of hydrogen-bond donors (Lipinski definition) is 3. The average Bonchev–Trinajstić information content (AvgIpc) is 2.57. The fourth-order valence-electron chi connectivity index (χ4n) is 1.44. The van der Waals surface area contributed by atoms with Crippen molar-refractivity contribution in [2.24, 2.45) is 0 Å². The van der Waals surface area contributed by atoms with Crippen molar-refractivity contribution in [2.75, 3.05) is 12.3 Å². The van der Waals surface area contributed by atoms with Gasteiger partial charge in [0.25, 0.3) is 0 Å². The number of amides is 1. The van der Waals surface area contributed by atoms with Crippen molar-refractivity contribution >= 4 is 18.0 Å². The number of aromatic nitrogens is 2. The molecule has 0 unspecified atom stereocenters. The van der Waals surface area contributed by atoms with Gasteiger partial charge in [0, 0.05) is 17.8 Å². The minimum absolute atomic E-state index is 0.403. The highest BCUT2D eigenvalue weighted by Crippen LogP contribution is 2.14. The number of alkyl carbamates (subject to hydrolysis) is 1. The zero-order valence-electron chi connectivity index (χ0n) is 11.9. The number of hydrogen-bond acceptors (Lipinski definition) is 4. The van der Waals surface area contributed by atoms with Crippen LogP contribution < -0.4 is 11.1 Å². The highest BCUT2D eigenvalue weighted by molar-refractivity contribution is 5.67. The summed E-state index contributed by atoms with van der Waals surface area (Å²) in [4.78, 5) is 11.4. The van der Waals surface area contributed by atoms with Gasteiger partial charge in [-0.15, -0.1) is 0 Å². The zero-order valence-corrected chi connectivity index (χ0v) is 11.9. The standard InChI is InChI=1S/C13H22N4O2/c1-9-10(11(14)17-16-9)7-5-6-8-15-12(18)19-13(2,3)4/h5,7H,6,8H2,1-4H3,(H,15,18)(H3,14,16,17). The Morgan fingerprint density at radius 3 is 2.74 bits per heavy atom. The molecule has 1 heterocycles. The Bertz CT molecular complexity index is 438. The topological polar surface area (TPSA) is 93.0 Å². The second-order valence-electron chi connectivity index (χ2n) is 5.27. The molecule has 0 bridgehead atoms. The third-order valence-corrected chi connectivity index (χ3v) is 2.29. The normalized spacial score (nSPS) is 11.8. The van der Waals surface area contributed by atoms with Gasteiger partial charge in [0.15, 0.2) is 5.82 Å². The van der Waals surface area contributed by atoms with E-state index in [9.17, 15) is 4.79 Å². The van der Waals surface area contributed by atoms with E-state index in [-0.39, 0.29) is 0 Å². The van der Waals surface area contributed by atoms with Crippen molar-refractivity contribution < 1.29 is 9.53 Å². The van der Waals surface area contributed by atoms with Crippen LogP contribution in [0.3, 0.4) is 0 Å². The largest absolute Gasteiger partial charge is 0.444 e. The van der Waals surface area contributed by atoms with Crippen LogP contribution in [0.4, 0.5) is 10.6 Å². The first-order valence-corrected chi connectivity index (χ1v) is 6.23. The lowest BCUT2D eigenvalue weighted by Gasteiger charge is -2.19. The van der Waals surface area contributed by atoms with Crippen molar-refractivity contribution in [3.63, 3.8) is 0 Å². The molecule has 0 spiro atoms. The molecule has 6 nitrogen and oxygen atoms in total. The van der Waals surface area contributed by atoms with Gasteiger partial charge in [-0.05, 0) is 34.1 Å². The molecule has 0 aromatic carbocycles. The molecule has 19 heavy (non-hydrogen) atoms. The summed E-state index contributed by atoms with van der Waals surface area (Å²) in [6.45, 7) is 7.91. The van der Waals surface area contributed by atoms with Gasteiger partial charge < -0.3 is 15.8 Å². The average molecular weight is 266 g/mol. The molecule has 1 aromatic rings. The van der Waals surface area contributed by atoms with Gasteiger partial charge in [-0.2, -0.15) is 5.10 Å². The lowest BCUT2D eigenvalue weighted by Crippen LogP contribution is -2.32. The maximum absolute atomic E-state index is 11.4. The highest BCUT2D eigenvalue weighted by atomic mass is 16.6. The minimum Gasteiger partial charge on any atom is -0.444 e. The Balaban J connectivity index is 2.30. The molecule has 0 aliphatic carbocycles. The van der Waals surface area contributed by atoms with E-state index in [4.69, 9.17) is 10.5 Å². The van der Waals surface area contributed by atoms with Gasteiger partial charge in [0.05, 0.1) is 0 Å². The van der Waals surface area contributed by atoms with Crippen LogP contribution in [-0.4, -0.2) is 28.4 Å². The van der Waals surface area contributed by atoms with Gasteiger partial charge in [-0.1, -0.05) is 12.2 Å². The summed E-state index contributed by atoms with van der Waals surface area (Å²) < 4.78 is 5.12. The zero-order chi connectivity index (χ0) is 14.5. The smallest absolute Gasteiger partial charge is 0.407 e. The molecule has 1 rings (SSSR count). The Morgan fingerprint density at radius 1 is 1.53 bits per heavy atom. The molecule has 0 saturated heterocycles. The van der Waals surface area contributed by atoms with Gasteiger partial charge in [-0.25, -0.2) is 4.79 Å². The highest BCUT2D eigenvalue weighted by Gasteiger charge is 2.15. The second kappa shape index (κ2) is 6.26. The summed E-state index contributed by atoms with van der Waals surface area (Å²) in [5.74, 6) is 0.480. The summed E-state index contributed by atoms with van der Waals surface area (Å²) >= 11 is 0. The van der Waals surface area contributed by atoms with Crippen LogP contribution >= 0.6 is 0 Å². The quantitative estimate of drug-likeness (QED) is 0.728. The number of rotatable bonds is 4. The number of carbonyl (C=O) groups is 1. The van der Waals surface area contributed by atoms with Crippen LogP contribution in [0.15, 0.2) is 6.08 Å². The predicted molar refractivity (Wildman–Crippen MR) is 75.6 cm³/mol. The van der Waals surface area contributed by atoms with Gasteiger partial charge >= 0.3 is 6.09 Å². The van der Waals surface area contributed by atoms with Crippen LogP contribution in [0, 0.1) is 6.92 Å². The first kappa shape index (κ1) is 15.1. The van der Waals surface area contributed by atoms with Crippen LogP contribution in [0.1, 0.15) is 38.4 Å². The number of nitrogens with two attached hydrogens (primary N) is 1. The first-order chi connectivity index (χ1) is 8.79. The number of nitrogens with zero attached hydrogens (tertiary/aromatic N) is 1. The lowest BCUT2D eigenvalue weighted by molar-refractivity contribution is 0.0529. The van der Waals surface area contributed by atoms with E-state index in [1.165, 1.54) is 0 Å². The van der Waals surface area contributed by atoms with E-state index in [2.05, 4.69) is 15.5 Å². The number of ether oxygens (including phenoxy) is 1. The maximum atomic E-state index is 11.4. The summed E-state index contributed by atoms with van der Waals surface area (Å²) in [6, 6.07) is 0. The molecule has 0 aliphatic heterocycles. The van der Waals surface area contributed by atoms with Crippen molar-refractivity contribution in [1.82, 2.24) is 15.5 Å². The van der Waals surface area contributed by atoms with Gasteiger partial charge in [0.1, 0.15) is 5.60 Å². The Hall–Kier alpha value is -1.98. The summed E-state index contributed by atoms with van der Waals surface area (Å²) in [5.41, 5.74) is 7.03. The van der Waals surface area contributed by atoms with Gasteiger partial charge in [0.2, 0.25) is 0 Å². The monoisotopic (exact) mass is 266 g/mol. The molecular formula is C13H22N4O2. The lowest BCUT2D eigenvalue weighted by atomic mass is 10.2. The molecule has 4 N–H and O–H groups in total. The number of H-pyrrole nitrogens is 1. The predicted octanol–water partition coefficient (Wildman–Crippen LogP) is 2.23. The fourth-order valence-corrected chi connectivity index (χ4v) is 1.44. The molecule has 0 radical (unpaired) electrons. The number of carbonyl (C=O) groups excluding carboxylic acids is 1. The minimum atomic E-state index is -0.470. The third kappa shape index (κ3) is 5.46. The van der Waals surface area contributed by atoms with E-state index >= 15 is 0 Å². The van der Waals surface area contributed by atoms with Crippen molar-refractivity contribution in [1.29, 1.82) is 0 Å². The molecule has 0 saturated carbocycles. The van der Waals surface area contributed by atoms with E-state index in [0.717, 1.165) is 11.3 Å².